The van der Waals surface area contributed by atoms with Gasteiger partial charge in [-0.1, -0.05) is 41.4 Å². The number of rotatable bonds is 4. The van der Waals surface area contributed by atoms with Crippen LogP contribution in [-0.4, -0.2) is 22.8 Å². The molecule has 5 nitrogen and oxygen atoms in total. The van der Waals surface area contributed by atoms with E-state index in [9.17, 15) is 4.79 Å². The molecule has 1 aromatic carbocycles. The van der Waals surface area contributed by atoms with Crippen LogP contribution in [0.2, 0.25) is 10.2 Å². The summed E-state index contributed by atoms with van der Waals surface area (Å²) in [6.07, 6.45) is 0. The number of nitrogens with one attached hydrogen (secondary N) is 1. The highest BCUT2D eigenvalue weighted by Gasteiger charge is 2.20. The predicted octanol–water partition coefficient (Wildman–Crippen LogP) is 2.84. The minimum atomic E-state index is -0.430. The molecule has 106 valence electrons. The van der Waals surface area contributed by atoms with Crippen molar-refractivity contribution in [3.05, 3.63) is 51.3 Å². The third kappa shape index (κ3) is 2.95. The number of hydrogen-bond donors (Lipinski definition) is 1. The van der Waals surface area contributed by atoms with E-state index in [2.05, 4.69) is 15.4 Å². The van der Waals surface area contributed by atoms with E-state index in [0.29, 0.717) is 22.8 Å². The molecular formula is C13H13Cl2N3O2. The Kier molecular flexibility index (Phi) is 4.65. The zero-order valence-electron chi connectivity index (χ0n) is 11.0. The summed E-state index contributed by atoms with van der Waals surface area (Å²) in [6, 6.07) is 7.40. The van der Waals surface area contributed by atoms with Crippen LogP contribution in [0.25, 0.3) is 0 Å². The predicted molar refractivity (Wildman–Crippen MR) is 77.0 cm³/mol. The Bertz CT molecular complexity index is 641. The summed E-state index contributed by atoms with van der Waals surface area (Å²) in [6.45, 7) is 2.10. The number of hydrogen-bond acceptors (Lipinski definition) is 3. The molecule has 20 heavy (non-hydrogen) atoms. The van der Waals surface area contributed by atoms with Gasteiger partial charge < -0.3 is 0 Å². The average molecular weight is 314 g/mol. The van der Waals surface area contributed by atoms with Gasteiger partial charge in [0.05, 0.1) is 19.3 Å². The molecule has 1 aromatic heterocycles. The van der Waals surface area contributed by atoms with Gasteiger partial charge >= 0.3 is 0 Å². The fourth-order valence-corrected chi connectivity index (χ4v) is 2.36. The van der Waals surface area contributed by atoms with E-state index in [0.717, 1.165) is 5.56 Å². The average Bonchev–Trinajstić information content (AvgIpc) is 2.67. The zero-order chi connectivity index (χ0) is 14.7. The fourth-order valence-electron chi connectivity index (χ4n) is 1.85. The molecule has 2 aromatic rings. The third-order valence-corrected chi connectivity index (χ3v) is 3.52. The lowest BCUT2D eigenvalue weighted by Gasteiger charge is -2.06. The molecule has 7 heteroatoms. The van der Waals surface area contributed by atoms with Crippen molar-refractivity contribution in [1.82, 2.24) is 15.3 Å². The van der Waals surface area contributed by atoms with E-state index in [4.69, 9.17) is 23.2 Å². The first kappa shape index (κ1) is 14.8. The number of carbonyl (C=O) groups excluding carboxylic acids is 1. The topological polar surface area (TPSA) is 56.1 Å². The standard InChI is InChI=1S/C13H13Cl2N3O2/c1-8-11(13(19)17-20-2)12(15)18(16-8)7-9-5-3-4-6-10(9)14/h3-6H,7H2,1-2H3,(H,17,19). The number of amides is 1. The molecule has 0 saturated heterocycles. The van der Waals surface area contributed by atoms with Crippen molar-refractivity contribution >= 4 is 29.1 Å². The third-order valence-electron chi connectivity index (χ3n) is 2.77. The van der Waals surface area contributed by atoms with E-state index < -0.39 is 5.91 Å². The molecule has 0 aliphatic heterocycles. The van der Waals surface area contributed by atoms with Gasteiger partial charge in [-0.15, -0.1) is 0 Å². The van der Waals surface area contributed by atoms with Crippen molar-refractivity contribution < 1.29 is 9.63 Å². The van der Waals surface area contributed by atoms with Crippen molar-refractivity contribution in [2.24, 2.45) is 0 Å². The molecule has 0 unspecified atom stereocenters. The van der Waals surface area contributed by atoms with E-state index >= 15 is 0 Å². The van der Waals surface area contributed by atoms with Gasteiger partial charge in [-0.25, -0.2) is 10.2 Å². The molecule has 0 spiro atoms. The van der Waals surface area contributed by atoms with Gasteiger partial charge in [-0.3, -0.25) is 9.63 Å². The summed E-state index contributed by atoms with van der Waals surface area (Å²) in [7, 11) is 1.36. The first-order valence-electron chi connectivity index (χ1n) is 5.84. The second-order valence-corrected chi connectivity index (χ2v) is 4.90. The maximum absolute atomic E-state index is 11.8. The number of nitrogens with zero attached hydrogens (tertiary/aromatic N) is 2. The molecule has 0 radical (unpaired) electrons. The molecular weight excluding hydrogens is 301 g/mol. The van der Waals surface area contributed by atoms with Gasteiger partial charge in [0, 0.05) is 5.02 Å². The molecule has 0 atom stereocenters. The molecule has 0 fully saturated rings. The summed E-state index contributed by atoms with van der Waals surface area (Å²) < 4.78 is 1.53. The fraction of sp³-hybridized carbons (Fsp3) is 0.231. The van der Waals surface area contributed by atoms with Crippen molar-refractivity contribution in [1.29, 1.82) is 0 Å². The maximum atomic E-state index is 11.8. The SMILES string of the molecule is CONC(=O)c1c(C)nn(Cc2ccccc2Cl)c1Cl. The maximum Gasteiger partial charge on any atom is 0.279 e. The Hall–Kier alpha value is -1.56. The molecule has 1 amide bonds. The smallest absolute Gasteiger partial charge is 0.277 e. The van der Waals surface area contributed by atoms with Gasteiger partial charge in [0.1, 0.15) is 10.7 Å². The van der Waals surface area contributed by atoms with Gasteiger partial charge in [0.2, 0.25) is 0 Å². The largest absolute Gasteiger partial charge is 0.279 e. The molecule has 1 N–H and O–H groups in total. The summed E-state index contributed by atoms with van der Waals surface area (Å²) >= 11 is 12.3. The number of aryl methyl sites for hydroxylation is 1. The first-order chi connectivity index (χ1) is 9.54. The molecule has 2 rings (SSSR count). The van der Waals surface area contributed by atoms with Gasteiger partial charge in [-0.2, -0.15) is 5.10 Å². The monoisotopic (exact) mass is 313 g/mol. The highest BCUT2D eigenvalue weighted by molar-refractivity contribution is 6.33. The molecule has 0 aliphatic carbocycles. The summed E-state index contributed by atoms with van der Waals surface area (Å²) in [5.74, 6) is -0.430. The Morgan fingerprint density at radius 2 is 2.10 bits per heavy atom. The normalized spacial score (nSPS) is 10.6. The number of carbonyl (C=O) groups is 1. The van der Waals surface area contributed by atoms with Crippen LogP contribution in [-0.2, 0) is 11.4 Å². The van der Waals surface area contributed by atoms with Gasteiger partial charge in [0.25, 0.3) is 5.91 Å². The van der Waals surface area contributed by atoms with E-state index in [1.807, 2.05) is 18.2 Å². The van der Waals surface area contributed by atoms with E-state index in [1.54, 1.807) is 13.0 Å². The van der Waals surface area contributed by atoms with Crippen LogP contribution in [0.3, 0.4) is 0 Å². The lowest BCUT2D eigenvalue weighted by molar-refractivity contribution is 0.0537. The van der Waals surface area contributed by atoms with E-state index in [-0.39, 0.29) is 5.15 Å². The number of benzene rings is 1. The number of halogens is 2. The highest BCUT2D eigenvalue weighted by Crippen LogP contribution is 2.23. The quantitative estimate of drug-likeness (QED) is 0.883. The van der Waals surface area contributed by atoms with Crippen LogP contribution in [0.5, 0.6) is 0 Å². The summed E-state index contributed by atoms with van der Waals surface area (Å²) in [4.78, 5) is 16.4. The Labute approximate surface area is 126 Å². The van der Waals surface area contributed by atoms with Crippen LogP contribution in [0.15, 0.2) is 24.3 Å². The van der Waals surface area contributed by atoms with Crippen LogP contribution < -0.4 is 5.48 Å². The molecule has 0 saturated carbocycles. The first-order valence-corrected chi connectivity index (χ1v) is 6.59. The lowest BCUT2D eigenvalue weighted by atomic mass is 10.2. The van der Waals surface area contributed by atoms with Crippen molar-refractivity contribution in [2.45, 2.75) is 13.5 Å². The number of hydroxylamine groups is 1. The van der Waals surface area contributed by atoms with Crippen LogP contribution >= 0.6 is 23.2 Å². The lowest BCUT2D eigenvalue weighted by Crippen LogP contribution is -2.22. The van der Waals surface area contributed by atoms with Crippen LogP contribution in [0.1, 0.15) is 21.6 Å². The Morgan fingerprint density at radius 3 is 2.75 bits per heavy atom. The second kappa shape index (κ2) is 6.26. The number of aromatic nitrogens is 2. The Morgan fingerprint density at radius 1 is 1.40 bits per heavy atom. The van der Waals surface area contributed by atoms with Crippen molar-refractivity contribution in [2.75, 3.05) is 7.11 Å². The molecule has 0 aliphatic rings. The molecule has 0 bridgehead atoms. The van der Waals surface area contributed by atoms with Crippen LogP contribution in [0.4, 0.5) is 0 Å². The zero-order valence-corrected chi connectivity index (χ0v) is 12.5. The Balaban J connectivity index is 2.33. The minimum Gasteiger partial charge on any atom is -0.277 e. The van der Waals surface area contributed by atoms with Crippen LogP contribution in [0, 0.1) is 6.92 Å². The summed E-state index contributed by atoms with van der Waals surface area (Å²) in [5, 5.41) is 5.13. The minimum absolute atomic E-state index is 0.247. The second-order valence-electron chi connectivity index (χ2n) is 4.14. The van der Waals surface area contributed by atoms with Gasteiger partial charge in [-0.05, 0) is 18.6 Å². The van der Waals surface area contributed by atoms with E-state index in [1.165, 1.54) is 11.8 Å². The molecule has 1 heterocycles. The van der Waals surface area contributed by atoms with Gasteiger partial charge in [0.15, 0.2) is 0 Å². The highest BCUT2D eigenvalue weighted by atomic mass is 35.5. The van der Waals surface area contributed by atoms with Crippen molar-refractivity contribution in [3.63, 3.8) is 0 Å². The van der Waals surface area contributed by atoms with Crippen molar-refractivity contribution in [3.8, 4) is 0 Å². The summed E-state index contributed by atoms with van der Waals surface area (Å²) in [5.41, 5.74) is 3.92.